The Morgan fingerprint density at radius 2 is 2.12 bits per heavy atom. The topological polar surface area (TPSA) is 53.0 Å². The maximum atomic E-state index is 8.80. The number of nitrogens with two attached hydrogens (primary N) is 1. The molecule has 1 aromatic heterocycles. The third-order valence-corrected chi connectivity index (χ3v) is 3.75. The second-order valence-corrected chi connectivity index (χ2v) is 4.75. The van der Waals surface area contributed by atoms with Crippen molar-refractivity contribution < 1.29 is 0 Å². The second kappa shape index (κ2) is 4.48. The molecular weight excluding hydrogens is 230 g/mol. The van der Waals surface area contributed by atoms with E-state index in [1.54, 1.807) is 23.5 Å². The van der Waals surface area contributed by atoms with Crippen LogP contribution in [0, 0.1) is 18.3 Å². The van der Waals surface area contributed by atoms with Crippen LogP contribution < -0.4 is 10.6 Å². The van der Waals surface area contributed by atoms with E-state index in [0.29, 0.717) is 11.3 Å². The van der Waals surface area contributed by atoms with Gasteiger partial charge in [0.05, 0.1) is 28.0 Å². The SMILES string of the molecule is Cc1ccsc1N(C)c1ccc(C#N)cc1N. The lowest BCUT2D eigenvalue weighted by atomic mass is 10.2. The molecule has 0 saturated heterocycles. The van der Waals surface area contributed by atoms with Crippen LogP contribution in [0.1, 0.15) is 11.1 Å². The zero-order valence-corrected chi connectivity index (χ0v) is 10.6. The molecule has 3 nitrogen and oxygen atoms in total. The standard InChI is InChI=1S/C13H13N3S/c1-9-5-6-17-13(9)16(2)12-4-3-10(8-14)7-11(12)15/h3-7H,15H2,1-2H3. The van der Waals surface area contributed by atoms with Gasteiger partial charge in [-0.2, -0.15) is 5.26 Å². The molecule has 0 atom stereocenters. The maximum absolute atomic E-state index is 8.80. The highest BCUT2D eigenvalue weighted by Gasteiger charge is 2.11. The van der Waals surface area contributed by atoms with Gasteiger partial charge in [-0.25, -0.2) is 0 Å². The molecule has 0 saturated carbocycles. The summed E-state index contributed by atoms with van der Waals surface area (Å²) >= 11 is 1.68. The molecule has 17 heavy (non-hydrogen) atoms. The fraction of sp³-hybridized carbons (Fsp3) is 0.154. The van der Waals surface area contributed by atoms with Gasteiger partial charge in [0.1, 0.15) is 0 Å². The zero-order valence-electron chi connectivity index (χ0n) is 9.77. The Bertz CT molecular complexity index is 581. The summed E-state index contributed by atoms with van der Waals surface area (Å²) in [6.07, 6.45) is 0. The molecule has 1 heterocycles. The number of rotatable bonds is 2. The van der Waals surface area contributed by atoms with Gasteiger partial charge >= 0.3 is 0 Å². The quantitative estimate of drug-likeness (QED) is 0.823. The minimum Gasteiger partial charge on any atom is -0.397 e. The molecule has 0 bridgehead atoms. The predicted molar refractivity (Wildman–Crippen MR) is 72.7 cm³/mol. The Hall–Kier alpha value is -1.99. The highest BCUT2D eigenvalue weighted by Crippen LogP contribution is 2.34. The Morgan fingerprint density at radius 3 is 2.65 bits per heavy atom. The molecule has 0 amide bonds. The summed E-state index contributed by atoms with van der Waals surface area (Å²) in [4.78, 5) is 2.05. The Balaban J connectivity index is 2.42. The molecule has 1 aromatic carbocycles. The van der Waals surface area contributed by atoms with Gasteiger partial charge < -0.3 is 10.6 Å². The molecule has 2 aromatic rings. The van der Waals surface area contributed by atoms with Crippen LogP contribution in [0.4, 0.5) is 16.4 Å². The van der Waals surface area contributed by atoms with Gasteiger partial charge in [-0.3, -0.25) is 0 Å². The summed E-state index contributed by atoms with van der Waals surface area (Å²) in [7, 11) is 1.98. The Labute approximate surface area is 105 Å². The lowest BCUT2D eigenvalue weighted by Gasteiger charge is -2.20. The lowest BCUT2D eigenvalue weighted by Crippen LogP contribution is -2.11. The predicted octanol–water partition coefficient (Wildman–Crippen LogP) is 3.28. The fourth-order valence-electron chi connectivity index (χ4n) is 1.75. The third-order valence-electron chi connectivity index (χ3n) is 2.66. The number of hydrogen-bond donors (Lipinski definition) is 1. The van der Waals surface area contributed by atoms with E-state index in [4.69, 9.17) is 11.0 Å². The highest BCUT2D eigenvalue weighted by atomic mass is 32.1. The van der Waals surface area contributed by atoms with Crippen molar-refractivity contribution in [1.29, 1.82) is 5.26 Å². The molecule has 0 aliphatic rings. The van der Waals surface area contributed by atoms with Crippen LogP contribution in [0.3, 0.4) is 0 Å². The van der Waals surface area contributed by atoms with Crippen LogP contribution >= 0.6 is 11.3 Å². The Kier molecular flexibility index (Phi) is 3.03. The van der Waals surface area contributed by atoms with Gasteiger partial charge in [-0.1, -0.05) is 0 Å². The van der Waals surface area contributed by atoms with Gasteiger partial charge in [-0.05, 0) is 42.1 Å². The first-order valence-corrected chi connectivity index (χ1v) is 6.09. The largest absolute Gasteiger partial charge is 0.397 e. The van der Waals surface area contributed by atoms with Crippen molar-refractivity contribution in [3.8, 4) is 6.07 Å². The molecule has 0 fully saturated rings. The summed E-state index contributed by atoms with van der Waals surface area (Å²) in [6.45, 7) is 2.07. The summed E-state index contributed by atoms with van der Waals surface area (Å²) in [5, 5.41) is 12.0. The highest BCUT2D eigenvalue weighted by molar-refractivity contribution is 7.14. The van der Waals surface area contributed by atoms with E-state index in [0.717, 1.165) is 5.69 Å². The molecule has 0 aliphatic carbocycles. The number of nitriles is 1. The van der Waals surface area contributed by atoms with Crippen LogP contribution in [0.2, 0.25) is 0 Å². The van der Waals surface area contributed by atoms with Crippen molar-refractivity contribution in [2.24, 2.45) is 0 Å². The average molecular weight is 243 g/mol. The van der Waals surface area contributed by atoms with Crippen molar-refractivity contribution in [2.75, 3.05) is 17.7 Å². The van der Waals surface area contributed by atoms with Crippen molar-refractivity contribution in [2.45, 2.75) is 6.92 Å². The molecule has 86 valence electrons. The number of aryl methyl sites for hydroxylation is 1. The molecular formula is C13H13N3S. The minimum absolute atomic E-state index is 0.586. The van der Waals surface area contributed by atoms with E-state index in [-0.39, 0.29) is 0 Å². The molecule has 0 aliphatic heterocycles. The number of thiophene rings is 1. The van der Waals surface area contributed by atoms with E-state index in [1.807, 2.05) is 13.1 Å². The van der Waals surface area contributed by atoms with Gasteiger partial charge in [0.25, 0.3) is 0 Å². The molecule has 0 spiro atoms. The van der Waals surface area contributed by atoms with E-state index in [9.17, 15) is 0 Å². The van der Waals surface area contributed by atoms with Crippen molar-refractivity contribution in [3.63, 3.8) is 0 Å². The molecule has 2 rings (SSSR count). The lowest BCUT2D eigenvalue weighted by molar-refractivity contribution is 1.22. The van der Waals surface area contributed by atoms with Crippen LogP contribution in [0.5, 0.6) is 0 Å². The van der Waals surface area contributed by atoms with Gasteiger partial charge in [-0.15, -0.1) is 11.3 Å². The Morgan fingerprint density at radius 1 is 1.35 bits per heavy atom. The van der Waals surface area contributed by atoms with E-state index in [2.05, 4.69) is 29.3 Å². The van der Waals surface area contributed by atoms with Gasteiger partial charge in [0, 0.05) is 7.05 Å². The number of nitrogen functional groups attached to an aromatic ring is 1. The monoisotopic (exact) mass is 243 g/mol. The first kappa shape index (κ1) is 11.5. The smallest absolute Gasteiger partial charge is 0.0992 e. The molecule has 2 N–H and O–H groups in total. The van der Waals surface area contributed by atoms with Crippen LogP contribution in [-0.4, -0.2) is 7.05 Å². The van der Waals surface area contributed by atoms with Crippen molar-refractivity contribution in [3.05, 3.63) is 40.8 Å². The van der Waals surface area contributed by atoms with E-state index >= 15 is 0 Å². The number of anilines is 3. The van der Waals surface area contributed by atoms with Gasteiger partial charge in [0.2, 0.25) is 0 Å². The van der Waals surface area contributed by atoms with Crippen LogP contribution in [0.15, 0.2) is 29.6 Å². The normalized spacial score (nSPS) is 9.94. The second-order valence-electron chi connectivity index (χ2n) is 3.85. The maximum Gasteiger partial charge on any atom is 0.0992 e. The molecule has 0 radical (unpaired) electrons. The average Bonchev–Trinajstić information content (AvgIpc) is 2.74. The zero-order chi connectivity index (χ0) is 12.4. The summed E-state index contributed by atoms with van der Waals surface area (Å²) < 4.78 is 0. The van der Waals surface area contributed by atoms with Crippen LogP contribution in [0.25, 0.3) is 0 Å². The first-order chi connectivity index (χ1) is 8.13. The number of hydrogen-bond acceptors (Lipinski definition) is 4. The van der Waals surface area contributed by atoms with Crippen LogP contribution in [-0.2, 0) is 0 Å². The molecule has 0 unspecified atom stereocenters. The summed E-state index contributed by atoms with van der Waals surface area (Å²) in [5.41, 5.74) is 9.32. The third kappa shape index (κ3) is 2.10. The van der Waals surface area contributed by atoms with E-state index in [1.165, 1.54) is 10.6 Å². The number of benzene rings is 1. The minimum atomic E-state index is 0.586. The summed E-state index contributed by atoms with van der Waals surface area (Å²) in [6, 6.07) is 9.53. The number of nitrogens with zero attached hydrogens (tertiary/aromatic N) is 2. The fourth-order valence-corrected chi connectivity index (χ4v) is 2.66. The van der Waals surface area contributed by atoms with Crippen molar-refractivity contribution >= 4 is 27.7 Å². The van der Waals surface area contributed by atoms with Crippen molar-refractivity contribution in [1.82, 2.24) is 0 Å². The first-order valence-electron chi connectivity index (χ1n) is 5.21. The van der Waals surface area contributed by atoms with Gasteiger partial charge in [0.15, 0.2) is 0 Å². The molecule has 4 heteroatoms. The van der Waals surface area contributed by atoms with E-state index < -0.39 is 0 Å². The summed E-state index contributed by atoms with van der Waals surface area (Å²) in [5.74, 6) is 0.